The number of nitrogens with zero attached hydrogens (tertiary/aromatic N) is 1. The number of carbonyl (C=O) groups is 1. The van der Waals surface area contributed by atoms with Gasteiger partial charge >= 0.3 is 0 Å². The minimum absolute atomic E-state index is 0.0699. The van der Waals surface area contributed by atoms with Crippen LogP contribution in [0.4, 0.5) is 5.82 Å². The van der Waals surface area contributed by atoms with Crippen LogP contribution in [0.2, 0.25) is 0 Å². The van der Waals surface area contributed by atoms with Gasteiger partial charge in [0.1, 0.15) is 11.6 Å². The summed E-state index contributed by atoms with van der Waals surface area (Å²) < 4.78 is 5.35. The second-order valence-electron chi connectivity index (χ2n) is 5.70. The molecule has 2 rings (SSSR count). The Hall–Kier alpha value is -2.56. The number of hydrogen-bond donors (Lipinski definition) is 2. The first-order chi connectivity index (χ1) is 11.6. The van der Waals surface area contributed by atoms with Crippen molar-refractivity contribution in [2.45, 2.75) is 32.7 Å². The summed E-state index contributed by atoms with van der Waals surface area (Å²) >= 11 is 0. The van der Waals surface area contributed by atoms with E-state index in [1.165, 1.54) is 0 Å². The zero-order valence-electron chi connectivity index (χ0n) is 14.5. The first kappa shape index (κ1) is 17.8. The van der Waals surface area contributed by atoms with Gasteiger partial charge < -0.3 is 15.4 Å². The lowest BCUT2D eigenvalue weighted by Crippen LogP contribution is -2.31. The fraction of sp³-hybridized carbons (Fsp3) is 0.368. The van der Waals surface area contributed by atoms with Crippen LogP contribution in [0.5, 0.6) is 5.75 Å². The Morgan fingerprint density at radius 3 is 2.83 bits per heavy atom. The number of ether oxygens (including phenoxy) is 1. The van der Waals surface area contributed by atoms with E-state index in [1.807, 2.05) is 38.1 Å². The fourth-order valence-corrected chi connectivity index (χ4v) is 2.31. The van der Waals surface area contributed by atoms with Crippen molar-refractivity contribution in [2.24, 2.45) is 0 Å². The number of carbonyl (C=O) groups excluding carboxylic acids is 1. The molecule has 0 saturated carbocycles. The van der Waals surface area contributed by atoms with Crippen molar-refractivity contribution < 1.29 is 9.53 Å². The molecule has 24 heavy (non-hydrogen) atoms. The summed E-state index contributed by atoms with van der Waals surface area (Å²) in [5, 5.41) is 6.22. The third kappa shape index (κ3) is 4.98. The highest BCUT2D eigenvalue weighted by molar-refractivity contribution is 5.94. The number of anilines is 1. The zero-order valence-corrected chi connectivity index (χ0v) is 14.5. The quantitative estimate of drug-likeness (QED) is 0.781. The monoisotopic (exact) mass is 327 g/mol. The van der Waals surface area contributed by atoms with Crippen LogP contribution in [0, 0.1) is 0 Å². The smallest absolute Gasteiger partial charge is 0.251 e. The molecule has 0 aliphatic rings. The van der Waals surface area contributed by atoms with E-state index in [0.717, 1.165) is 24.2 Å². The highest BCUT2D eigenvalue weighted by Gasteiger charge is 2.09. The SMILES string of the molecule is CCC(C)NC(=O)c1ccnc(NCCc2ccccc2OC)c1. The number of amides is 1. The summed E-state index contributed by atoms with van der Waals surface area (Å²) in [6.45, 7) is 4.75. The normalized spacial score (nSPS) is 11.6. The summed E-state index contributed by atoms with van der Waals surface area (Å²) in [6.07, 6.45) is 3.37. The van der Waals surface area contributed by atoms with Crippen molar-refractivity contribution in [3.05, 3.63) is 53.7 Å². The molecule has 0 spiro atoms. The molecule has 1 atom stereocenters. The van der Waals surface area contributed by atoms with Crippen molar-refractivity contribution >= 4 is 11.7 Å². The van der Waals surface area contributed by atoms with E-state index in [-0.39, 0.29) is 11.9 Å². The van der Waals surface area contributed by atoms with Crippen LogP contribution >= 0.6 is 0 Å². The number of para-hydroxylation sites is 1. The molecule has 1 unspecified atom stereocenters. The fourth-order valence-electron chi connectivity index (χ4n) is 2.31. The predicted octanol–water partition coefficient (Wildman–Crippen LogP) is 3.27. The molecule has 2 aromatic rings. The first-order valence-corrected chi connectivity index (χ1v) is 8.26. The van der Waals surface area contributed by atoms with Crippen LogP contribution in [0.25, 0.3) is 0 Å². The molecule has 0 fully saturated rings. The Kier molecular flexibility index (Phi) is 6.61. The third-order valence-corrected chi connectivity index (χ3v) is 3.90. The number of methoxy groups -OCH3 is 1. The van der Waals surface area contributed by atoms with E-state index in [2.05, 4.69) is 15.6 Å². The molecule has 2 N–H and O–H groups in total. The average molecular weight is 327 g/mol. The highest BCUT2D eigenvalue weighted by Crippen LogP contribution is 2.17. The van der Waals surface area contributed by atoms with Crippen molar-refractivity contribution in [2.75, 3.05) is 19.0 Å². The van der Waals surface area contributed by atoms with Gasteiger partial charge in [-0.05, 0) is 43.5 Å². The number of hydrogen-bond acceptors (Lipinski definition) is 4. The zero-order chi connectivity index (χ0) is 17.4. The summed E-state index contributed by atoms with van der Waals surface area (Å²) in [7, 11) is 1.67. The molecule has 1 amide bonds. The maximum absolute atomic E-state index is 12.2. The van der Waals surface area contributed by atoms with E-state index in [0.29, 0.717) is 17.9 Å². The molecule has 0 saturated heterocycles. The van der Waals surface area contributed by atoms with E-state index in [9.17, 15) is 4.79 Å². The number of rotatable bonds is 8. The van der Waals surface area contributed by atoms with E-state index >= 15 is 0 Å². The molecule has 5 nitrogen and oxygen atoms in total. The minimum Gasteiger partial charge on any atom is -0.496 e. The minimum atomic E-state index is -0.0699. The summed E-state index contributed by atoms with van der Waals surface area (Å²) in [5.74, 6) is 1.51. The number of nitrogens with one attached hydrogen (secondary N) is 2. The van der Waals surface area contributed by atoms with E-state index in [4.69, 9.17) is 4.74 Å². The van der Waals surface area contributed by atoms with E-state index < -0.39 is 0 Å². The largest absolute Gasteiger partial charge is 0.496 e. The molecular weight excluding hydrogens is 302 g/mol. The van der Waals surface area contributed by atoms with Gasteiger partial charge in [0.05, 0.1) is 7.11 Å². The number of aromatic nitrogens is 1. The van der Waals surface area contributed by atoms with Gasteiger partial charge in [0.15, 0.2) is 0 Å². The summed E-state index contributed by atoms with van der Waals surface area (Å²) in [5.41, 5.74) is 1.75. The molecule has 128 valence electrons. The molecular formula is C19H25N3O2. The van der Waals surface area contributed by atoms with Crippen molar-refractivity contribution in [1.82, 2.24) is 10.3 Å². The molecule has 0 aliphatic heterocycles. The van der Waals surface area contributed by atoms with Gasteiger partial charge in [0, 0.05) is 24.3 Å². The van der Waals surface area contributed by atoms with Crippen molar-refractivity contribution in [3.63, 3.8) is 0 Å². The lowest BCUT2D eigenvalue weighted by Gasteiger charge is -2.12. The van der Waals surface area contributed by atoms with Crippen LogP contribution in [0.15, 0.2) is 42.6 Å². The molecule has 1 aromatic heterocycles. The topological polar surface area (TPSA) is 63.2 Å². The Morgan fingerprint density at radius 1 is 1.29 bits per heavy atom. The molecule has 0 aliphatic carbocycles. The number of pyridine rings is 1. The Balaban J connectivity index is 1.93. The van der Waals surface area contributed by atoms with Gasteiger partial charge in [-0.1, -0.05) is 25.1 Å². The Labute approximate surface area is 143 Å². The molecule has 0 radical (unpaired) electrons. The maximum atomic E-state index is 12.2. The van der Waals surface area contributed by atoms with Crippen LogP contribution < -0.4 is 15.4 Å². The van der Waals surface area contributed by atoms with Crippen LogP contribution in [0.3, 0.4) is 0 Å². The number of benzene rings is 1. The van der Waals surface area contributed by atoms with E-state index in [1.54, 1.807) is 25.4 Å². The average Bonchev–Trinajstić information content (AvgIpc) is 2.62. The second-order valence-corrected chi connectivity index (χ2v) is 5.70. The molecule has 0 bridgehead atoms. The lowest BCUT2D eigenvalue weighted by molar-refractivity contribution is 0.0939. The van der Waals surface area contributed by atoms with Gasteiger partial charge in [-0.15, -0.1) is 0 Å². The first-order valence-electron chi connectivity index (χ1n) is 8.26. The molecule has 1 aromatic carbocycles. The van der Waals surface area contributed by atoms with Gasteiger partial charge in [-0.3, -0.25) is 4.79 Å². The Bertz CT molecular complexity index is 673. The van der Waals surface area contributed by atoms with Crippen molar-refractivity contribution in [3.8, 4) is 5.75 Å². The molecule has 5 heteroatoms. The standard InChI is InChI=1S/C19H25N3O2/c1-4-14(2)22-19(23)16-10-12-21-18(13-16)20-11-9-15-7-5-6-8-17(15)24-3/h5-8,10,12-14H,4,9,11H2,1-3H3,(H,20,21)(H,22,23). The lowest BCUT2D eigenvalue weighted by atomic mass is 10.1. The third-order valence-electron chi connectivity index (χ3n) is 3.90. The molecule has 1 heterocycles. The van der Waals surface area contributed by atoms with Gasteiger partial charge in [0.25, 0.3) is 5.91 Å². The second kappa shape index (κ2) is 8.91. The highest BCUT2D eigenvalue weighted by atomic mass is 16.5. The van der Waals surface area contributed by atoms with Gasteiger partial charge in [-0.25, -0.2) is 4.98 Å². The van der Waals surface area contributed by atoms with Crippen LogP contribution in [0.1, 0.15) is 36.2 Å². The summed E-state index contributed by atoms with van der Waals surface area (Å²) in [4.78, 5) is 16.4. The van der Waals surface area contributed by atoms with Crippen molar-refractivity contribution in [1.29, 1.82) is 0 Å². The van der Waals surface area contributed by atoms with Gasteiger partial charge in [-0.2, -0.15) is 0 Å². The van der Waals surface area contributed by atoms with Gasteiger partial charge in [0.2, 0.25) is 0 Å². The summed E-state index contributed by atoms with van der Waals surface area (Å²) in [6, 6.07) is 11.6. The predicted molar refractivity (Wildman–Crippen MR) is 96.6 cm³/mol. The Morgan fingerprint density at radius 2 is 2.08 bits per heavy atom. The van der Waals surface area contributed by atoms with Crippen LogP contribution in [-0.4, -0.2) is 30.6 Å². The maximum Gasteiger partial charge on any atom is 0.251 e. The van der Waals surface area contributed by atoms with Crippen LogP contribution in [-0.2, 0) is 6.42 Å².